The van der Waals surface area contributed by atoms with Crippen LogP contribution in [0, 0.1) is 23.7 Å². The summed E-state index contributed by atoms with van der Waals surface area (Å²) < 4.78 is 6.07. The Morgan fingerprint density at radius 2 is 2.22 bits per heavy atom. The Morgan fingerprint density at radius 1 is 1.43 bits per heavy atom. The molecule has 0 saturated carbocycles. The van der Waals surface area contributed by atoms with Crippen molar-refractivity contribution in [2.24, 2.45) is 5.41 Å². The molecule has 0 aromatic carbocycles. The molecule has 1 aliphatic carbocycles. The minimum atomic E-state index is -0.594. The molecule has 0 radical (unpaired) electrons. The molecule has 1 saturated heterocycles. The monoisotopic (exact) mass is 311 g/mol. The number of rotatable bonds is 1. The summed E-state index contributed by atoms with van der Waals surface area (Å²) in [7, 11) is 0. The topological polar surface area (TPSA) is 66.2 Å². The predicted molar refractivity (Wildman–Crippen MR) is 87.0 cm³/mol. The quantitative estimate of drug-likeness (QED) is 0.797. The second kappa shape index (κ2) is 5.47. The highest BCUT2D eigenvalue weighted by Crippen LogP contribution is 2.42. The van der Waals surface area contributed by atoms with E-state index < -0.39 is 11.0 Å². The first-order chi connectivity index (χ1) is 10.9. The number of nitriles is 1. The molecule has 5 heteroatoms. The van der Waals surface area contributed by atoms with Crippen molar-refractivity contribution in [3.8, 4) is 6.07 Å². The molecular formula is C18H21N3O2. The minimum Gasteiger partial charge on any atom is -0.367 e. The molecule has 2 heterocycles. The number of allylic oxidation sites excluding steroid dienone is 1. The van der Waals surface area contributed by atoms with Crippen LogP contribution in [0.1, 0.15) is 25.8 Å². The SMILES string of the molecule is Cc1ccncc1N1CCOC2(C=C(C#N)C(=O)C(C)(C)C2)C1. The summed E-state index contributed by atoms with van der Waals surface area (Å²) in [6, 6.07) is 4.04. The Balaban J connectivity index is 1.97. The maximum absolute atomic E-state index is 12.3. The van der Waals surface area contributed by atoms with Gasteiger partial charge in [0, 0.05) is 18.2 Å². The van der Waals surface area contributed by atoms with Crippen LogP contribution in [0.5, 0.6) is 0 Å². The molecule has 1 unspecified atom stereocenters. The van der Waals surface area contributed by atoms with Crippen LogP contribution in [0.15, 0.2) is 30.1 Å². The number of ketones is 1. The van der Waals surface area contributed by atoms with Crippen molar-refractivity contribution in [1.82, 2.24) is 4.98 Å². The largest absolute Gasteiger partial charge is 0.367 e. The summed E-state index contributed by atoms with van der Waals surface area (Å²) in [4.78, 5) is 18.8. The second-order valence-electron chi connectivity index (χ2n) is 7.06. The van der Waals surface area contributed by atoms with Gasteiger partial charge in [0.15, 0.2) is 5.78 Å². The fourth-order valence-corrected chi connectivity index (χ4v) is 3.65. The second-order valence-corrected chi connectivity index (χ2v) is 7.06. The molecule has 1 fully saturated rings. The lowest BCUT2D eigenvalue weighted by molar-refractivity contribution is -0.130. The fraction of sp³-hybridized carbons (Fsp3) is 0.500. The number of carbonyl (C=O) groups is 1. The standard InChI is InChI=1S/C18H21N3O2/c1-13-4-5-20-10-15(13)21-6-7-23-18(12-21)8-14(9-19)16(22)17(2,3)11-18/h4-5,8,10H,6-7,11-12H2,1-3H3. The third-order valence-electron chi connectivity index (χ3n) is 4.69. The number of carbonyl (C=O) groups excluding carboxylic acids is 1. The first kappa shape index (κ1) is 15.7. The first-order valence-electron chi connectivity index (χ1n) is 7.84. The van der Waals surface area contributed by atoms with Gasteiger partial charge in [0.2, 0.25) is 0 Å². The average Bonchev–Trinajstić information content (AvgIpc) is 2.51. The van der Waals surface area contributed by atoms with E-state index in [1.165, 1.54) is 0 Å². The number of nitrogens with zero attached hydrogens (tertiary/aromatic N) is 3. The van der Waals surface area contributed by atoms with Crippen LogP contribution < -0.4 is 4.90 Å². The van der Waals surface area contributed by atoms with Gasteiger partial charge in [0.05, 0.1) is 30.6 Å². The van der Waals surface area contributed by atoms with Gasteiger partial charge in [-0.1, -0.05) is 13.8 Å². The highest BCUT2D eigenvalue weighted by Gasteiger charge is 2.48. The van der Waals surface area contributed by atoms with Gasteiger partial charge >= 0.3 is 0 Å². The number of hydrogen-bond donors (Lipinski definition) is 0. The third kappa shape index (κ3) is 2.75. The molecule has 1 spiro atoms. The van der Waals surface area contributed by atoms with Gasteiger partial charge in [0.1, 0.15) is 11.7 Å². The van der Waals surface area contributed by atoms with Gasteiger partial charge in [0.25, 0.3) is 0 Å². The van der Waals surface area contributed by atoms with Gasteiger partial charge in [-0.05, 0) is 31.1 Å². The maximum atomic E-state index is 12.3. The fourth-order valence-electron chi connectivity index (χ4n) is 3.65. The molecule has 1 aromatic heterocycles. The van der Waals surface area contributed by atoms with Gasteiger partial charge in [-0.3, -0.25) is 9.78 Å². The minimum absolute atomic E-state index is 0.0936. The Bertz CT molecular complexity index is 717. The third-order valence-corrected chi connectivity index (χ3v) is 4.69. The number of aromatic nitrogens is 1. The van der Waals surface area contributed by atoms with Crippen LogP contribution in [0.4, 0.5) is 5.69 Å². The van der Waals surface area contributed by atoms with E-state index in [1.807, 2.05) is 32.2 Å². The van der Waals surface area contributed by atoms with E-state index in [0.29, 0.717) is 19.6 Å². The van der Waals surface area contributed by atoms with Crippen molar-refractivity contribution in [2.75, 3.05) is 24.6 Å². The molecule has 1 atom stereocenters. The Hall–Kier alpha value is -2.19. The molecular weight excluding hydrogens is 290 g/mol. The smallest absolute Gasteiger partial charge is 0.178 e. The van der Waals surface area contributed by atoms with E-state index in [4.69, 9.17) is 4.74 Å². The van der Waals surface area contributed by atoms with E-state index in [9.17, 15) is 10.1 Å². The lowest BCUT2D eigenvalue weighted by Crippen LogP contribution is -2.56. The van der Waals surface area contributed by atoms with Crippen LogP contribution in [0.25, 0.3) is 0 Å². The molecule has 3 rings (SSSR count). The number of aryl methyl sites for hydroxylation is 1. The van der Waals surface area contributed by atoms with Crippen LogP contribution in [-0.2, 0) is 9.53 Å². The maximum Gasteiger partial charge on any atom is 0.178 e. The molecule has 5 nitrogen and oxygen atoms in total. The highest BCUT2D eigenvalue weighted by atomic mass is 16.5. The van der Waals surface area contributed by atoms with Gasteiger partial charge in [-0.25, -0.2) is 0 Å². The lowest BCUT2D eigenvalue weighted by atomic mass is 9.69. The zero-order chi connectivity index (χ0) is 16.7. The highest BCUT2D eigenvalue weighted by molar-refractivity contribution is 6.04. The van der Waals surface area contributed by atoms with Gasteiger partial charge in [-0.2, -0.15) is 5.26 Å². The predicted octanol–water partition coefficient (Wildman–Crippen LogP) is 2.41. The molecule has 0 bridgehead atoms. The van der Waals surface area contributed by atoms with Crippen LogP contribution in [0.3, 0.4) is 0 Å². The number of Topliss-reactive ketones (excluding diaryl/α,β-unsaturated/α-hetero) is 1. The van der Waals surface area contributed by atoms with E-state index in [2.05, 4.69) is 16.8 Å². The molecule has 23 heavy (non-hydrogen) atoms. The van der Waals surface area contributed by atoms with Crippen LogP contribution >= 0.6 is 0 Å². The zero-order valence-corrected chi connectivity index (χ0v) is 13.8. The van der Waals surface area contributed by atoms with Crippen molar-refractivity contribution in [1.29, 1.82) is 5.26 Å². The molecule has 2 aliphatic rings. The van der Waals surface area contributed by atoms with Crippen molar-refractivity contribution < 1.29 is 9.53 Å². The van der Waals surface area contributed by atoms with E-state index >= 15 is 0 Å². The Kier molecular flexibility index (Phi) is 3.73. The van der Waals surface area contributed by atoms with Crippen LogP contribution in [-0.4, -0.2) is 36.1 Å². The average molecular weight is 311 g/mol. The molecule has 1 aliphatic heterocycles. The summed E-state index contributed by atoms with van der Waals surface area (Å²) in [5.41, 5.74) is 1.27. The number of morpholine rings is 1. The molecule has 0 N–H and O–H groups in total. The summed E-state index contributed by atoms with van der Waals surface area (Å²) >= 11 is 0. The Labute approximate surface area is 136 Å². The van der Waals surface area contributed by atoms with E-state index in [-0.39, 0.29) is 11.4 Å². The first-order valence-corrected chi connectivity index (χ1v) is 7.84. The van der Waals surface area contributed by atoms with E-state index in [0.717, 1.165) is 17.8 Å². The van der Waals surface area contributed by atoms with Crippen molar-refractivity contribution in [3.05, 3.63) is 35.7 Å². The summed E-state index contributed by atoms with van der Waals surface area (Å²) in [6.45, 7) is 7.80. The number of hydrogen-bond acceptors (Lipinski definition) is 5. The number of anilines is 1. The lowest BCUT2D eigenvalue weighted by Gasteiger charge is -2.47. The van der Waals surface area contributed by atoms with Gasteiger partial charge in [-0.15, -0.1) is 0 Å². The van der Waals surface area contributed by atoms with Crippen molar-refractivity contribution in [3.63, 3.8) is 0 Å². The zero-order valence-electron chi connectivity index (χ0n) is 13.8. The van der Waals surface area contributed by atoms with Crippen LogP contribution in [0.2, 0.25) is 0 Å². The Morgan fingerprint density at radius 3 is 2.91 bits per heavy atom. The number of ether oxygens (including phenoxy) is 1. The van der Waals surface area contributed by atoms with Gasteiger partial charge < -0.3 is 9.64 Å². The molecule has 120 valence electrons. The normalized spacial score (nSPS) is 26.8. The number of pyridine rings is 1. The summed E-state index contributed by atoms with van der Waals surface area (Å²) in [5, 5.41) is 9.32. The molecule has 1 aromatic rings. The summed E-state index contributed by atoms with van der Waals surface area (Å²) in [5.74, 6) is -0.0936. The van der Waals surface area contributed by atoms with Crippen molar-refractivity contribution in [2.45, 2.75) is 32.8 Å². The summed E-state index contributed by atoms with van der Waals surface area (Å²) in [6.07, 6.45) is 5.96. The van der Waals surface area contributed by atoms with Crippen molar-refractivity contribution >= 4 is 11.5 Å². The molecule has 0 amide bonds. The van der Waals surface area contributed by atoms with E-state index in [1.54, 1.807) is 12.3 Å².